The highest BCUT2D eigenvalue weighted by molar-refractivity contribution is 5.65. The van der Waals surface area contributed by atoms with Crippen LogP contribution in [0.4, 0.5) is 0 Å². The van der Waals surface area contributed by atoms with E-state index in [0.717, 1.165) is 0 Å². The van der Waals surface area contributed by atoms with Crippen molar-refractivity contribution < 1.29 is 29.5 Å². The second kappa shape index (κ2) is 7.16. The Balaban J connectivity index is 3.13. The zero-order valence-electron chi connectivity index (χ0n) is 14.4. The molecule has 0 N–H and O–H groups in total. The number of hydrogen-bond acceptors (Lipinski definition) is 9. The van der Waals surface area contributed by atoms with Gasteiger partial charge in [0.15, 0.2) is 0 Å². The van der Waals surface area contributed by atoms with Gasteiger partial charge in [-0.3, -0.25) is 4.79 Å². The molecule has 1 aliphatic rings. The van der Waals surface area contributed by atoms with Crippen LogP contribution in [0.3, 0.4) is 0 Å². The van der Waals surface area contributed by atoms with Crippen molar-refractivity contribution in [3.8, 4) is 0 Å². The van der Waals surface area contributed by atoms with Crippen LogP contribution in [0.15, 0.2) is 0 Å². The fourth-order valence-corrected chi connectivity index (χ4v) is 3.56. The fraction of sp³-hybridized carbons (Fsp3) is 0.923. The van der Waals surface area contributed by atoms with Gasteiger partial charge < -0.3 is 14.5 Å². The van der Waals surface area contributed by atoms with E-state index in [1.807, 2.05) is 13.8 Å². The Kier molecular flexibility index (Phi) is 5.93. The van der Waals surface area contributed by atoms with Gasteiger partial charge in [0.25, 0.3) is 10.2 Å². The molecule has 11 nitrogen and oxygen atoms in total. The highest BCUT2D eigenvalue weighted by atomic mass is 17.0. The minimum absolute atomic E-state index is 0.223. The van der Waals surface area contributed by atoms with E-state index in [1.165, 1.54) is 12.0 Å². The van der Waals surface area contributed by atoms with Gasteiger partial charge in [0.2, 0.25) is 0 Å². The summed E-state index contributed by atoms with van der Waals surface area (Å²) in [5.41, 5.74) is -1.51. The van der Waals surface area contributed by atoms with E-state index in [-0.39, 0.29) is 13.2 Å². The largest absolute Gasteiger partial charge is 0.367 e. The van der Waals surface area contributed by atoms with E-state index in [2.05, 4.69) is 9.68 Å². The van der Waals surface area contributed by atoms with Gasteiger partial charge in [-0.15, -0.1) is 25.3 Å². The average Bonchev–Trinajstić information content (AvgIpc) is 2.39. The molecule has 1 saturated heterocycles. The van der Waals surface area contributed by atoms with E-state index in [4.69, 9.17) is 4.84 Å². The van der Waals surface area contributed by atoms with Crippen molar-refractivity contribution in [3.63, 3.8) is 0 Å². The predicted molar refractivity (Wildman–Crippen MR) is 79.3 cm³/mol. The molecule has 0 saturated carbocycles. The smallest absolute Gasteiger partial charge is 0.322 e. The molecule has 1 rings (SSSR count). The van der Waals surface area contributed by atoms with Crippen LogP contribution >= 0.6 is 0 Å². The summed E-state index contributed by atoms with van der Waals surface area (Å²) in [5, 5.41) is 20.7. The van der Waals surface area contributed by atoms with Gasteiger partial charge in [-0.1, -0.05) is 0 Å². The summed E-state index contributed by atoms with van der Waals surface area (Å²) < 4.78 is 0. The number of rotatable bonds is 7. The lowest BCUT2D eigenvalue weighted by molar-refractivity contribution is -0.764. The van der Waals surface area contributed by atoms with Crippen LogP contribution in [0.2, 0.25) is 0 Å². The molecular formula is C13H23N3O8. The zero-order chi connectivity index (χ0) is 18.7. The molecule has 138 valence electrons. The molecule has 11 heteroatoms. The molecule has 24 heavy (non-hydrogen) atoms. The summed E-state index contributed by atoms with van der Waals surface area (Å²) in [4.78, 5) is 46.8. The SMILES string of the molecule is CC(=O)ON1C(C)(C)CC(CO[N+](=O)[O-])C(CO[N+](=O)[O-])C1(C)C. The Morgan fingerprint density at radius 1 is 1.12 bits per heavy atom. The first kappa shape index (κ1) is 19.9. The van der Waals surface area contributed by atoms with E-state index in [9.17, 15) is 25.0 Å². The fourth-order valence-electron chi connectivity index (χ4n) is 3.56. The second-order valence-electron chi connectivity index (χ2n) is 6.95. The van der Waals surface area contributed by atoms with Crippen LogP contribution in [0.25, 0.3) is 0 Å². The van der Waals surface area contributed by atoms with Crippen molar-refractivity contribution in [3.05, 3.63) is 20.2 Å². The number of hydroxylamine groups is 2. The van der Waals surface area contributed by atoms with Crippen LogP contribution in [-0.4, -0.2) is 45.5 Å². The van der Waals surface area contributed by atoms with Crippen molar-refractivity contribution in [2.24, 2.45) is 11.8 Å². The van der Waals surface area contributed by atoms with Crippen LogP contribution in [-0.2, 0) is 19.3 Å². The first-order chi connectivity index (χ1) is 10.9. The third-order valence-electron chi connectivity index (χ3n) is 4.28. The van der Waals surface area contributed by atoms with Crippen LogP contribution in [0.5, 0.6) is 0 Å². The molecule has 0 aromatic heterocycles. The van der Waals surface area contributed by atoms with Crippen molar-refractivity contribution in [1.82, 2.24) is 5.06 Å². The monoisotopic (exact) mass is 349 g/mol. The summed E-state index contributed by atoms with van der Waals surface area (Å²) in [5.74, 6) is -1.45. The lowest BCUT2D eigenvalue weighted by Gasteiger charge is -2.56. The minimum Gasteiger partial charge on any atom is -0.367 e. The van der Waals surface area contributed by atoms with Crippen molar-refractivity contribution in [2.75, 3.05) is 13.2 Å². The molecule has 0 aromatic rings. The van der Waals surface area contributed by atoms with Crippen LogP contribution in [0.1, 0.15) is 41.0 Å². The van der Waals surface area contributed by atoms with E-state index in [1.54, 1.807) is 13.8 Å². The van der Waals surface area contributed by atoms with Gasteiger partial charge >= 0.3 is 5.97 Å². The lowest BCUT2D eigenvalue weighted by atomic mass is 9.68. The molecule has 1 fully saturated rings. The third-order valence-corrected chi connectivity index (χ3v) is 4.28. The number of hydrogen-bond donors (Lipinski definition) is 0. The van der Waals surface area contributed by atoms with Crippen LogP contribution < -0.4 is 0 Å². The predicted octanol–water partition coefficient (Wildman–Crippen LogP) is 1.38. The second-order valence-corrected chi connectivity index (χ2v) is 6.95. The highest BCUT2D eigenvalue weighted by Crippen LogP contribution is 2.45. The number of piperidine rings is 1. The zero-order valence-corrected chi connectivity index (χ0v) is 14.4. The maximum Gasteiger partial charge on any atom is 0.322 e. The molecule has 0 aliphatic carbocycles. The topological polar surface area (TPSA) is 134 Å². The maximum atomic E-state index is 11.4. The first-order valence-corrected chi connectivity index (χ1v) is 7.41. The Morgan fingerprint density at radius 2 is 1.62 bits per heavy atom. The first-order valence-electron chi connectivity index (χ1n) is 7.41. The van der Waals surface area contributed by atoms with Crippen LogP contribution in [0, 0.1) is 32.1 Å². The summed E-state index contributed by atoms with van der Waals surface area (Å²) >= 11 is 0. The van der Waals surface area contributed by atoms with E-state index < -0.39 is 39.1 Å². The molecule has 2 unspecified atom stereocenters. The number of nitrogens with zero attached hydrogens (tertiary/aromatic N) is 3. The summed E-state index contributed by atoms with van der Waals surface area (Å²) in [7, 11) is 0. The summed E-state index contributed by atoms with van der Waals surface area (Å²) in [6.45, 7) is 7.87. The molecule has 2 atom stereocenters. The van der Waals surface area contributed by atoms with E-state index in [0.29, 0.717) is 6.42 Å². The van der Waals surface area contributed by atoms with Gasteiger partial charge in [-0.25, -0.2) is 0 Å². The molecule has 0 amide bonds. The average molecular weight is 349 g/mol. The molecule has 0 spiro atoms. The minimum atomic E-state index is -0.919. The Bertz CT molecular complexity index is 507. The molecule has 1 aliphatic heterocycles. The molecule has 0 bridgehead atoms. The summed E-state index contributed by atoms with van der Waals surface area (Å²) in [6.07, 6.45) is 0.364. The Labute approximate surface area is 139 Å². The van der Waals surface area contributed by atoms with Gasteiger partial charge in [-0.05, 0) is 40.0 Å². The standard InChI is InChI=1S/C13H23N3O8/c1-9(17)24-14-12(2,3)6-10(7-22-15(18)19)11(13(14,4)5)8-23-16(20)21/h10-11H,6-8H2,1-5H3. The van der Waals surface area contributed by atoms with Crippen molar-refractivity contribution in [1.29, 1.82) is 0 Å². The van der Waals surface area contributed by atoms with Gasteiger partial charge in [-0.2, -0.15) is 0 Å². The van der Waals surface area contributed by atoms with E-state index >= 15 is 0 Å². The summed E-state index contributed by atoms with van der Waals surface area (Å²) in [6, 6.07) is 0. The third kappa shape index (κ3) is 4.66. The maximum absolute atomic E-state index is 11.4. The number of carbonyl (C=O) groups excluding carboxylic acids is 1. The lowest BCUT2D eigenvalue weighted by Crippen LogP contribution is -2.66. The number of carbonyl (C=O) groups is 1. The molecule has 1 heterocycles. The Hall–Kier alpha value is -2.17. The molecule has 0 aromatic carbocycles. The quantitative estimate of drug-likeness (QED) is 0.493. The molecule has 0 radical (unpaired) electrons. The Morgan fingerprint density at radius 3 is 2.08 bits per heavy atom. The normalized spacial score (nSPS) is 25.5. The van der Waals surface area contributed by atoms with Gasteiger partial charge in [0, 0.05) is 12.8 Å². The highest BCUT2D eigenvalue weighted by Gasteiger charge is 2.54. The molecular weight excluding hydrogens is 326 g/mol. The van der Waals surface area contributed by atoms with Crippen molar-refractivity contribution >= 4 is 5.97 Å². The van der Waals surface area contributed by atoms with Gasteiger partial charge in [0.05, 0.1) is 17.7 Å². The van der Waals surface area contributed by atoms with Crippen molar-refractivity contribution in [2.45, 2.75) is 52.1 Å². The van der Waals surface area contributed by atoms with Gasteiger partial charge in [0.1, 0.15) is 6.61 Å².